The predicted octanol–water partition coefficient (Wildman–Crippen LogP) is 5.31. The minimum Gasteiger partial charge on any atom is -0.478 e. The zero-order chi connectivity index (χ0) is 23.5. The third-order valence-electron chi connectivity index (χ3n) is 3.96. The Bertz CT molecular complexity index is 1160. The van der Waals surface area contributed by atoms with Gasteiger partial charge in [0.15, 0.2) is 11.5 Å². The number of carboxylic acids is 1. The lowest BCUT2D eigenvalue weighted by atomic mass is 10.1. The summed E-state index contributed by atoms with van der Waals surface area (Å²) < 4.78 is 107. The highest BCUT2D eigenvalue weighted by Crippen LogP contribution is 2.49. The van der Waals surface area contributed by atoms with Gasteiger partial charge in [0.05, 0.1) is 14.6 Å². The maximum absolute atomic E-state index is 13.8. The van der Waals surface area contributed by atoms with E-state index in [4.69, 9.17) is 5.11 Å². The summed E-state index contributed by atoms with van der Waals surface area (Å²) in [6, 6.07) is 1.23. The van der Waals surface area contributed by atoms with Crippen LogP contribution in [0.25, 0.3) is 16.3 Å². The zero-order valence-corrected chi connectivity index (χ0v) is 17.7. The first-order valence-corrected chi connectivity index (χ1v) is 9.62. The number of aryl methyl sites for hydroxylation is 1. The average molecular weight is 586 g/mol. The van der Waals surface area contributed by atoms with Crippen LogP contribution < -0.4 is 0 Å². The fourth-order valence-corrected chi connectivity index (χ4v) is 4.56. The molecule has 0 aliphatic rings. The summed E-state index contributed by atoms with van der Waals surface area (Å²) >= 11 is 2.71. The van der Waals surface area contributed by atoms with Crippen LogP contribution in [0.2, 0.25) is 0 Å². The summed E-state index contributed by atoms with van der Waals surface area (Å²) in [6.45, 7) is 0. The van der Waals surface area contributed by atoms with Crippen molar-refractivity contribution >= 4 is 39.9 Å². The Labute approximate surface area is 184 Å². The topological polar surface area (TPSA) is 72.9 Å². The van der Waals surface area contributed by atoms with Gasteiger partial charge in [-0.1, -0.05) is 0 Å². The van der Waals surface area contributed by atoms with Gasteiger partial charge in [0.25, 0.3) is 0 Å². The van der Waals surface area contributed by atoms with Crippen LogP contribution in [0.4, 0.5) is 35.1 Å². The van der Waals surface area contributed by atoms with Crippen molar-refractivity contribution in [2.45, 2.75) is 18.3 Å². The standard InChI is InChI=1S/C15H7F8IN4O2S/c1-27-11(8(14(18,19)20)9(26-27)13(16,17)15(21,22)23)28-4-5(3-25-28)7-2-6(12(29)30)10(24)31-7/h2-4H,1H3,(H,29,30). The van der Waals surface area contributed by atoms with Crippen LogP contribution in [-0.4, -0.2) is 36.8 Å². The Hall–Kier alpha value is -2.24. The van der Waals surface area contributed by atoms with E-state index in [1.807, 2.05) is 0 Å². The number of hydrogen-bond donors (Lipinski definition) is 1. The van der Waals surface area contributed by atoms with Gasteiger partial charge < -0.3 is 5.11 Å². The van der Waals surface area contributed by atoms with Gasteiger partial charge >= 0.3 is 24.2 Å². The first-order valence-electron chi connectivity index (χ1n) is 7.73. The SMILES string of the molecule is Cn1nc(C(F)(F)C(F)(F)F)c(C(F)(F)F)c1-n1cc(-c2cc(C(=O)O)c(I)s2)cn1. The van der Waals surface area contributed by atoms with E-state index in [-0.39, 0.29) is 20.7 Å². The van der Waals surface area contributed by atoms with Crippen LogP contribution in [0.1, 0.15) is 21.6 Å². The van der Waals surface area contributed by atoms with Crippen molar-refractivity contribution < 1.29 is 45.0 Å². The lowest BCUT2D eigenvalue weighted by molar-refractivity contribution is -0.292. The Morgan fingerprint density at radius 2 is 1.77 bits per heavy atom. The summed E-state index contributed by atoms with van der Waals surface area (Å²) in [4.78, 5) is 11.4. The van der Waals surface area contributed by atoms with Crippen LogP contribution >= 0.6 is 33.9 Å². The van der Waals surface area contributed by atoms with Crippen molar-refractivity contribution in [3.8, 4) is 16.3 Å². The van der Waals surface area contributed by atoms with Crippen molar-refractivity contribution in [3.63, 3.8) is 0 Å². The van der Waals surface area contributed by atoms with Crippen LogP contribution in [0, 0.1) is 2.88 Å². The van der Waals surface area contributed by atoms with Crippen LogP contribution in [0.5, 0.6) is 0 Å². The number of aromatic carboxylic acids is 1. The summed E-state index contributed by atoms with van der Waals surface area (Å²) in [6.07, 6.45) is -9.97. The molecular weight excluding hydrogens is 579 g/mol. The highest BCUT2D eigenvalue weighted by Gasteiger charge is 2.64. The molecule has 3 aromatic rings. The molecular formula is C15H7F8IN4O2S. The maximum atomic E-state index is 13.8. The zero-order valence-electron chi connectivity index (χ0n) is 14.7. The van der Waals surface area contributed by atoms with Crippen molar-refractivity contribution in [1.29, 1.82) is 0 Å². The predicted molar refractivity (Wildman–Crippen MR) is 98.3 cm³/mol. The quantitative estimate of drug-likeness (QED) is 0.333. The van der Waals surface area contributed by atoms with E-state index in [0.717, 1.165) is 30.8 Å². The Balaban J connectivity index is 2.19. The molecule has 0 aliphatic heterocycles. The fourth-order valence-electron chi connectivity index (χ4n) is 2.62. The molecule has 0 amide bonds. The molecule has 0 bridgehead atoms. The third-order valence-corrected chi connectivity index (χ3v) is 6.17. The smallest absolute Gasteiger partial charge is 0.459 e. The van der Waals surface area contributed by atoms with Crippen molar-refractivity contribution in [1.82, 2.24) is 19.6 Å². The highest BCUT2D eigenvalue weighted by molar-refractivity contribution is 14.1. The second-order valence-corrected chi connectivity index (χ2v) is 8.88. The van der Waals surface area contributed by atoms with Gasteiger partial charge in [-0.15, -0.1) is 11.3 Å². The molecule has 6 nitrogen and oxygen atoms in total. The molecule has 0 aromatic carbocycles. The number of halogens is 9. The first kappa shape index (κ1) is 23.4. The van der Waals surface area contributed by atoms with E-state index in [1.54, 1.807) is 22.6 Å². The molecule has 3 heterocycles. The van der Waals surface area contributed by atoms with Gasteiger partial charge in [-0.05, 0) is 28.7 Å². The minimum absolute atomic E-state index is 0.0723. The fraction of sp³-hybridized carbons (Fsp3) is 0.267. The van der Waals surface area contributed by atoms with E-state index in [2.05, 4.69) is 10.2 Å². The molecule has 0 radical (unpaired) electrons. The van der Waals surface area contributed by atoms with Gasteiger partial charge in [-0.3, -0.25) is 0 Å². The lowest BCUT2D eigenvalue weighted by Gasteiger charge is -2.19. The molecule has 0 saturated heterocycles. The Morgan fingerprint density at radius 1 is 1.16 bits per heavy atom. The molecule has 0 fully saturated rings. The van der Waals surface area contributed by atoms with Gasteiger partial charge in [0.1, 0.15) is 5.56 Å². The lowest BCUT2D eigenvalue weighted by Crippen LogP contribution is -2.36. The normalized spacial score (nSPS) is 13.1. The van der Waals surface area contributed by atoms with Gasteiger partial charge in [-0.2, -0.15) is 45.3 Å². The van der Waals surface area contributed by atoms with Crippen LogP contribution in [-0.2, 0) is 19.1 Å². The van der Waals surface area contributed by atoms with E-state index in [9.17, 15) is 39.9 Å². The number of nitrogens with zero attached hydrogens (tertiary/aromatic N) is 4. The molecule has 0 saturated carbocycles. The molecule has 3 aromatic heterocycles. The molecule has 3 rings (SSSR count). The molecule has 31 heavy (non-hydrogen) atoms. The summed E-state index contributed by atoms with van der Waals surface area (Å²) in [5, 5.41) is 15.5. The molecule has 0 aliphatic carbocycles. The number of aromatic nitrogens is 4. The number of rotatable bonds is 4. The van der Waals surface area contributed by atoms with Crippen LogP contribution in [0.15, 0.2) is 18.5 Å². The second kappa shape index (κ2) is 7.42. The van der Waals surface area contributed by atoms with Crippen molar-refractivity contribution in [2.75, 3.05) is 0 Å². The van der Waals surface area contributed by atoms with E-state index >= 15 is 0 Å². The highest BCUT2D eigenvalue weighted by atomic mass is 127. The number of alkyl halides is 8. The summed E-state index contributed by atoms with van der Waals surface area (Å²) in [5.74, 6) is -8.28. The van der Waals surface area contributed by atoms with E-state index in [1.165, 1.54) is 6.07 Å². The molecule has 1 N–H and O–H groups in total. The maximum Gasteiger partial charge on any atom is 0.459 e. The molecule has 0 atom stereocenters. The molecule has 168 valence electrons. The van der Waals surface area contributed by atoms with Gasteiger partial charge in [0, 0.05) is 23.7 Å². The average Bonchev–Trinajstić information content (AvgIpc) is 3.29. The molecule has 0 unspecified atom stereocenters. The Kier molecular flexibility index (Phi) is 5.61. The second-order valence-electron chi connectivity index (χ2n) is 6.02. The van der Waals surface area contributed by atoms with Crippen molar-refractivity contribution in [3.05, 3.63) is 38.2 Å². The number of hydrogen-bond acceptors (Lipinski definition) is 4. The third kappa shape index (κ3) is 4.01. The van der Waals surface area contributed by atoms with Gasteiger partial charge in [-0.25, -0.2) is 14.2 Å². The van der Waals surface area contributed by atoms with E-state index in [0.29, 0.717) is 7.57 Å². The van der Waals surface area contributed by atoms with Gasteiger partial charge in [0.2, 0.25) is 0 Å². The minimum atomic E-state index is -6.31. The first-order chi connectivity index (χ1) is 14.1. The number of carboxylic acid groups (broad SMARTS) is 1. The molecule has 16 heteroatoms. The Morgan fingerprint density at radius 3 is 2.26 bits per heavy atom. The number of thiophene rings is 1. The molecule has 0 spiro atoms. The summed E-state index contributed by atoms with van der Waals surface area (Å²) in [5.41, 5.74) is -4.74. The van der Waals surface area contributed by atoms with Crippen molar-refractivity contribution in [2.24, 2.45) is 7.05 Å². The largest absolute Gasteiger partial charge is 0.478 e. The number of carbonyl (C=O) groups is 1. The summed E-state index contributed by atoms with van der Waals surface area (Å²) in [7, 11) is 0.762. The van der Waals surface area contributed by atoms with Crippen LogP contribution in [0.3, 0.4) is 0 Å². The monoisotopic (exact) mass is 586 g/mol. The van der Waals surface area contributed by atoms with E-state index < -0.39 is 41.3 Å².